The third kappa shape index (κ3) is 5.98. The van der Waals surface area contributed by atoms with E-state index in [1.165, 1.54) is 0 Å². The predicted octanol–water partition coefficient (Wildman–Crippen LogP) is 1.46. The molecule has 0 aromatic carbocycles. The first-order chi connectivity index (χ1) is 4.52. The van der Waals surface area contributed by atoms with Crippen molar-refractivity contribution in [2.24, 2.45) is 0 Å². The van der Waals surface area contributed by atoms with E-state index in [1.807, 2.05) is 0 Å². The molecule has 0 fully saturated rings. The summed E-state index contributed by atoms with van der Waals surface area (Å²) in [6, 6.07) is -0.356. The molecule has 2 amide bonds. The number of amides is 2. The molecule has 0 aliphatic heterocycles. The van der Waals surface area contributed by atoms with Gasteiger partial charge in [0.15, 0.2) is 0 Å². The predicted molar refractivity (Wildman–Crippen MR) is 42.3 cm³/mol. The molecular weight excluding hydrogens is 175 g/mol. The number of carbonyl (C=O) groups excluding carboxylic acids is 1. The van der Waals surface area contributed by atoms with E-state index in [9.17, 15) is 4.79 Å². The second-order valence-corrected chi connectivity index (χ2v) is 3.16. The van der Waals surface area contributed by atoms with Crippen LogP contribution in [0.4, 0.5) is 4.79 Å². The van der Waals surface area contributed by atoms with Crippen LogP contribution in [-0.2, 0) is 0 Å². The maximum Gasteiger partial charge on any atom is 0.317 e. The molecule has 2 N–H and O–H groups in total. The third-order valence-electron chi connectivity index (χ3n) is 0.660. The molecule has 0 aliphatic carbocycles. The summed E-state index contributed by atoms with van der Waals surface area (Å²) in [6.45, 7) is 3.31. The van der Waals surface area contributed by atoms with E-state index in [2.05, 4.69) is 10.6 Å². The van der Waals surface area contributed by atoms with E-state index in [-0.39, 0.29) is 17.0 Å². The number of hydrogen-bond acceptors (Lipinski definition) is 1. The Bertz CT molecular complexity index is 104. The van der Waals surface area contributed by atoms with Crippen molar-refractivity contribution in [1.82, 2.24) is 10.6 Å². The monoisotopic (exact) mass is 184 g/mol. The van der Waals surface area contributed by atoms with E-state index in [0.29, 0.717) is 0 Å². The first-order valence-corrected chi connectivity index (χ1v) is 3.75. The average Bonchev–Trinajstić information content (AvgIpc) is 1.58. The molecular formula is C5H10Cl2N2O. The molecule has 0 saturated heterocycles. The molecule has 0 radical (unpaired) electrons. The minimum Gasteiger partial charge on any atom is -0.322 e. The van der Waals surface area contributed by atoms with E-state index >= 15 is 0 Å². The van der Waals surface area contributed by atoms with Crippen LogP contribution < -0.4 is 10.6 Å². The van der Waals surface area contributed by atoms with E-state index < -0.39 is 0 Å². The van der Waals surface area contributed by atoms with Gasteiger partial charge in [0, 0.05) is 0 Å². The van der Waals surface area contributed by atoms with Crippen LogP contribution in [0.1, 0.15) is 13.8 Å². The van der Waals surface area contributed by atoms with Crippen LogP contribution >= 0.6 is 23.2 Å². The molecule has 5 heteroatoms. The van der Waals surface area contributed by atoms with Crippen molar-refractivity contribution < 1.29 is 4.79 Å². The Balaban J connectivity index is 3.44. The molecule has 0 rings (SSSR count). The van der Waals surface area contributed by atoms with Gasteiger partial charge >= 0.3 is 6.03 Å². The highest BCUT2D eigenvalue weighted by Crippen LogP contribution is 1.89. The van der Waals surface area contributed by atoms with Gasteiger partial charge in [-0.3, -0.25) is 0 Å². The number of carbonyl (C=O) groups is 1. The van der Waals surface area contributed by atoms with Crippen molar-refractivity contribution in [3.8, 4) is 0 Å². The summed E-state index contributed by atoms with van der Waals surface area (Å²) in [5.74, 6) is 0. The molecule has 0 spiro atoms. The summed E-state index contributed by atoms with van der Waals surface area (Å²) in [5, 5.41) is 4.81. The van der Waals surface area contributed by atoms with Gasteiger partial charge in [0.1, 0.15) is 11.0 Å². The van der Waals surface area contributed by atoms with Crippen LogP contribution in [-0.4, -0.2) is 17.0 Å². The number of nitrogens with one attached hydrogen (secondary N) is 2. The van der Waals surface area contributed by atoms with Crippen molar-refractivity contribution >= 4 is 29.2 Å². The lowest BCUT2D eigenvalue weighted by atomic mass is 10.7. The third-order valence-corrected chi connectivity index (χ3v) is 0.878. The first-order valence-electron chi connectivity index (χ1n) is 2.87. The molecule has 0 saturated carbocycles. The molecule has 60 valence electrons. The number of rotatable bonds is 2. The molecule has 0 aliphatic rings. The lowest BCUT2D eigenvalue weighted by Gasteiger charge is -2.09. The Morgan fingerprint density at radius 1 is 1.20 bits per heavy atom. The highest BCUT2D eigenvalue weighted by atomic mass is 35.5. The first kappa shape index (κ1) is 9.85. The van der Waals surface area contributed by atoms with Crippen LogP contribution in [0, 0.1) is 0 Å². The molecule has 0 heterocycles. The average molecular weight is 185 g/mol. The largest absolute Gasteiger partial charge is 0.322 e. The molecule has 0 bridgehead atoms. The lowest BCUT2D eigenvalue weighted by Crippen LogP contribution is -2.40. The topological polar surface area (TPSA) is 41.1 Å². The van der Waals surface area contributed by atoms with Crippen molar-refractivity contribution in [3.05, 3.63) is 0 Å². The molecule has 2 unspecified atom stereocenters. The van der Waals surface area contributed by atoms with Crippen LogP contribution in [0.25, 0.3) is 0 Å². The summed E-state index contributed by atoms with van der Waals surface area (Å²) in [4.78, 5) is 10.7. The van der Waals surface area contributed by atoms with Crippen LogP contribution in [0.2, 0.25) is 0 Å². The standard InChI is InChI=1S/C5H10Cl2N2O/c1-3(6)8-5(10)9-4(2)7/h3-4H,1-2H3,(H2,8,9,10). The molecule has 2 atom stereocenters. The maximum absolute atomic E-state index is 10.7. The summed E-state index contributed by atoms with van der Waals surface area (Å²) in [5.41, 5.74) is -0.758. The van der Waals surface area contributed by atoms with Gasteiger partial charge in [0.2, 0.25) is 0 Å². The van der Waals surface area contributed by atoms with Crippen LogP contribution in [0.15, 0.2) is 0 Å². The Morgan fingerprint density at radius 3 is 1.70 bits per heavy atom. The molecule has 0 aromatic rings. The zero-order valence-corrected chi connectivity index (χ0v) is 7.33. The molecule has 10 heavy (non-hydrogen) atoms. The Morgan fingerprint density at radius 2 is 1.50 bits per heavy atom. The zero-order chi connectivity index (χ0) is 8.15. The minimum atomic E-state index is -0.379. The number of halogens is 2. The Hall–Kier alpha value is -0.150. The number of hydrogen-bond donors (Lipinski definition) is 2. The summed E-state index contributed by atoms with van der Waals surface area (Å²) >= 11 is 10.9. The van der Waals surface area contributed by atoms with Crippen molar-refractivity contribution in [2.75, 3.05) is 0 Å². The van der Waals surface area contributed by atoms with Gasteiger partial charge in [0.05, 0.1) is 0 Å². The fraction of sp³-hybridized carbons (Fsp3) is 0.800. The van der Waals surface area contributed by atoms with Crippen molar-refractivity contribution in [1.29, 1.82) is 0 Å². The van der Waals surface area contributed by atoms with Gasteiger partial charge in [0.25, 0.3) is 0 Å². The minimum absolute atomic E-state index is 0.356. The van der Waals surface area contributed by atoms with Gasteiger partial charge in [-0.05, 0) is 13.8 Å². The number of urea groups is 1. The normalized spacial score (nSPS) is 15.6. The molecule has 0 aromatic heterocycles. The van der Waals surface area contributed by atoms with E-state index in [1.54, 1.807) is 13.8 Å². The Labute approximate surface area is 70.1 Å². The summed E-state index contributed by atoms with van der Waals surface area (Å²) in [6.07, 6.45) is 0. The smallest absolute Gasteiger partial charge is 0.317 e. The van der Waals surface area contributed by atoms with Gasteiger partial charge in [-0.1, -0.05) is 23.2 Å². The SMILES string of the molecule is CC(Cl)NC(=O)NC(C)Cl. The van der Waals surface area contributed by atoms with E-state index in [0.717, 1.165) is 0 Å². The lowest BCUT2D eigenvalue weighted by molar-refractivity contribution is 0.240. The number of alkyl halides is 2. The van der Waals surface area contributed by atoms with Gasteiger partial charge in [-0.25, -0.2) is 4.79 Å². The highest BCUT2D eigenvalue weighted by Gasteiger charge is 2.04. The molecule has 3 nitrogen and oxygen atoms in total. The fourth-order valence-electron chi connectivity index (χ4n) is 0.403. The highest BCUT2D eigenvalue weighted by molar-refractivity contribution is 6.22. The van der Waals surface area contributed by atoms with Gasteiger partial charge in [-0.2, -0.15) is 0 Å². The second-order valence-electron chi connectivity index (χ2n) is 1.85. The summed E-state index contributed by atoms with van der Waals surface area (Å²) < 4.78 is 0. The summed E-state index contributed by atoms with van der Waals surface area (Å²) in [7, 11) is 0. The van der Waals surface area contributed by atoms with Crippen molar-refractivity contribution in [2.45, 2.75) is 24.8 Å². The quantitative estimate of drug-likeness (QED) is 0.496. The van der Waals surface area contributed by atoms with Crippen LogP contribution in [0.5, 0.6) is 0 Å². The van der Waals surface area contributed by atoms with Gasteiger partial charge < -0.3 is 10.6 Å². The zero-order valence-electron chi connectivity index (χ0n) is 5.82. The fourth-order valence-corrected chi connectivity index (χ4v) is 0.601. The van der Waals surface area contributed by atoms with Crippen LogP contribution in [0.3, 0.4) is 0 Å². The Kier molecular flexibility index (Phi) is 4.56. The maximum atomic E-state index is 10.7. The van der Waals surface area contributed by atoms with E-state index in [4.69, 9.17) is 23.2 Å². The van der Waals surface area contributed by atoms with Crippen molar-refractivity contribution in [3.63, 3.8) is 0 Å². The van der Waals surface area contributed by atoms with Gasteiger partial charge in [-0.15, -0.1) is 0 Å². The second kappa shape index (κ2) is 4.63.